The van der Waals surface area contributed by atoms with Crippen LogP contribution in [0.4, 0.5) is 0 Å². The van der Waals surface area contributed by atoms with Gasteiger partial charge in [0.2, 0.25) is 0 Å². The van der Waals surface area contributed by atoms with E-state index in [4.69, 9.17) is 16.6 Å². The molecule has 4 rings (SSSR count). The first-order valence-electron chi connectivity index (χ1n) is 10.3. The van der Waals surface area contributed by atoms with E-state index in [9.17, 15) is 5.11 Å². The molecule has 3 aromatic rings. The van der Waals surface area contributed by atoms with Crippen molar-refractivity contribution in [2.45, 2.75) is 52.5 Å². The molecule has 0 amide bonds. The van der Waals surface area contributed by atoms with Crippen LogP contribution >= 0.6 is 11.6 Å². The lowest BCUT2D eigenvalue weighted by Gasteiger charge is -2.25. The summed E-state index contributed by atoms with van der Waals surface area (Å²) >= 11 is 6.08. The van der Waals surface area contributed by atoms with Gasteiger partial charge in [0.1, 0.15) is 5.82 Å². The van der Waals surface area contributed by atoms with Crippen molar-refractivity contribution in [2.75, 3.05) is 6.61 Å². The molecule has 1 fully saturated rings. The number of fused-ring (bicyclic) bond motifs is 1. The molecule has 1 saturated carbocycles. The Morgan fingerprint density at radius 1 is 1.14 bits per heavy atom. The van der Waals surface area contributed by atoms with Crippen molar-refractivity contribution in [2.24, 2.45) is 11.8 Å². The molecule has 3 atom stereocenters. The van der Waals surface area contributed by atoms with Gasteiger partial charge < -0.3 is 9.67 Å². The smallest absolute Gasteiger partial charge is 0.113 e. The molecule has 0 aliphatic heterocycles. The lowest BCUT2D eigenvalue weighted by Crippen LogP contribution is -2.21. The highest BCUT2D eigenvalue weighted by Crippen LogP contribution is 2.42. The maximum absolute atomic E-state index is 9.84. The highest BCUT2D eigenvalue weighted by atomic mass is 35.5. The molecule has 1 aliphatic rings. The van der Waals surface area contributed by atoms with Crippen molar-refractivity contribution in [3.05, 3.63) is 63.9 Å². The van der Waals surface area contributed by atoms with Crippen LogP contribution in [0, 0.1) is 25.7 Å². The number of hydrogen-bond acceptors (Lipinski definition) is 2. The lowest BCUT2D eigenvalue weighted by molar-refractivity contribution is 0.180. The molecule has 1 aromatic heterocycles. The molecule has 1 aliphatic carbocycles. The summed E-state index contributed by atoms with van der Waals surface area (Å²) in [7, 11) is 0. The predicted octanol–water partition coefficient (Wildman–Crippen LogP) is 5.87. The second-order valence-electron chi connectivity index (χ2n) is 8.43. The Morgan fingerprint density at radius 2 is 1.86 bits per heavy atom. The molecule has 3 nitrogen and oxygen atoms in total. The average Bonchev–Trinajstić information content (AvgIpc) is 3.29. The molecule has 28 heavy (non-hydrogen) atoms. The van der Waals surface area contributed by atoms with Crippen LogP contribution in [0.1, 0.15) is 54.6 Å². The second kappa shape index (κ2) is 7.88. The minimum atomic E-state index is 0.282. The third kappa shape index (κ3) is 3.58. The summed E-state index contributed by atoms with van der Waals surface area (Å²) in [5, 5.41) is 10.6. The van der Waals surface area contributed by atoms with Crippen LogP contribution in [0.5, 0.6) is 0 Å². The molecule has 0 radical (unpaired) electrons. The monoisotopic (exact) mass is 396 g/mol. The minimum Gasteiger partial charge on any atom is -0.396 e. The molecular formula is C24H29ClN2O. The number of nitrogens with zero attached hydrogens (tertiary/aromatic N) is 2. The summed E-state index contributed by atoms with van der Waals surface area (Å²) in [6.07, 6.45) is 3.51. The van der Waals surface area contributed by atoms with E-state index in [2.05, 4.69) is 49.6 Å². The first-order valence-corrected chi connectivity index (χ1v) is 10.7. The number of hydrogen-bond donors (Lipinski definition) is 1. The van der Waals surface area contributed by atoms with Gasteiger partial charge in [0, 0.05) is 24.1 Å². The lowest BCUT2D eigenvalue weighted by atomic mass is 9.84. The number of benzene rings is 2. The fraction of sp³-hybridized carbons (Fsp3) is 0.458. The van der Waals surface area contributed by atoms with Gasteiger partial charge in [-0.2, -0.15) is 0 Å². The van der Waals surface area contributed by atoms with Crippen LogP contribution in [-0.4, -0.2) is 21.3 Å². The van der Waals surface area contributed by atoms with Crippen LogP contribution in [-0.2, 0) is 6.54 Å². The Labute approximate surface area is 172 Å². The molecule has 1 heterocycles. The summed E-state index contributed by atoms with van der Waals surface area (Å²) in [6, 6.07) is 12.6. The zero-order chi connectivity index (χ0) is 19.8. The van der Waals surface area contributed by atoms with Gasteiger partial charge in [0.25, 0.3) is 0 Å². The predicted molar refractivity (Wildman–Crippen MR) is 116 cm³/mol. The number of rotatable bonds is 5. The summed E-state index contributed by atoms with van der Waals surface area (Å²) in [6.45, 7) is 7.67. The van der Waals surface area contributed by atoms with E-state index < -0.39 is 0 Å². The van der Waals surface area contributed by atoms with Gasteiger partial charge >= 0.3 is 0 Å². The van der Waals surface area contributed by atoms with Gasteiger partial charge in [-0.1, -0.05) is 37.1 Å². The molecule has 148 valence electrons. The summed E-state index contributed by atoms with van der Waals surface area (Å²) < 4.78 is 2.38. The Balaban J connectivity index is 1.81. The van der Waals surface area contributed by atoms with Crippen LogP contribution in [0.25, 0.3) is 11.0 Å². The number of aliphatic hydroxyl groups is 1. The summed E-state index contributed by atoms with van der Waals surface area (Å²) in [5.41, 5.74) is 6.05. The van der Waals surface area contributed by atoms with Crippen LogP contribution in [0.15, 0.2) is 36.4 Å². The Hall–Kier alpha value is -1.84. The molecular weight excluding hydrogens is 368 g/mol. The summed E-state index contributed by atoms with van der Waals surface area (Å²) in [5.74, 6) is 2.34. The van der Waals surface area contributed by atoms with E-state index in [1.165, 1.54) is 35.0 Å². The maximum Gasteiger partial charge on any atom is 0.113 e. The fourth-order valence-corrected chi connectivity index (χ4v) is 4.95. The van der Waals surface area contributed by atoms with Gasteiger partial charge in [-0.05, 0) is 79.5 Å². The van der Waals surface area contributed by atoms with Gasteiger partial charge in [0.15, 0.2) is 0 Å². The van der Waals surface area contributed by atoms with Crippen molar-refractivity contribution >= 4 is 22.6 Å². The van der Waals surface area contributed by atoms with Crippen LogP contribution in [0.2, 0.25) is 5.02 Å². The molecule has 0 saturated heterocycles. The standard InChI is InChI=1S/C24H29ClN2O/c1-15-11-22-23(12-16(15)2)27(13-18-7-9-20(25)10-8-18)24(26-22)17(3)21-6-4-5-19(21)14-28/h7-12,17,19,21,28H,4-6,13-14H2,1-3H3/t17-,19-,21?/m0/s1. The number of imidazole rings is 1. The average molecular weight is 397 g/mol. The molecule has 2 aromatic carbocycles. The SMILES string of the molecule is Cc1cc2nc([C@@H](C)C3CCC[C@H]3CO)n(Cc3ccc(Cl)cc3)c2cc1C. The highest BCUT2D eigenvalue weighted by molar-refractivity contribution is 6.30. The number of aromatic nitrogens is 2. The first kappa shape index (κ1) is 19.5. The number of halogens is 1. The van der Waals surface area contributed by atoms with Crippen LogP contribution in [0.3, 0.4) is 0 Å². The molecule has 0 bridgehead atoms. The minimum absolute atomic E-state index is 0.282. The normalized spacial score (nSPS) is 20.8. The second-order valence-corrected chi connectivity index (χ2v) is 8.87. The number of aliphatic hydroxyl groups excluding tert-OH is 1. The Kier molecular flexibility index (Phi) is 5.48. The van der Waals surface area contributed by atoms with Crippen molar-refractivity contribution < 1.29 is 5.11 Å². The molecule has 1 N–H and O–H groups in total. The van der Waals surface area contributed by atoms with Gasteiger partial charge in [-0.25, -0.2) is 4.98 Å². The highest BCUT2D eigenvalue weighted by Gasteiger charge is 2.34. The number of aryl methyl sites for hydroxylation is 2. The van der Waals surface area contributed by atoms with Crippen molar-refractivity contribution in [3.8, 4) is 0 Å². The molecule has 0 spiro atoms. The van der Waals surface area contributed by atoms with E-state index in [1.54, 1.807) is 0 Å². The largest absolute Gasteiger partial charge is 0.396 e. The van der Waals surface area contributed by atoms with Gasteiger partial charge in [-0.3, -0.25) is 0 Å². The van der Waals surface area contributed by atoms with Crippen molar-refractivity contribution in [3.63, 3.8) is 0 Å². The van der Waals surface area contributed by atoms with E-state index in [1.807, 2.05) is 12.1 Å². The van der Waals surface area contributed by atoms with E-state index in [0.717, 1.165) is 29.3 Å². The van der Waals surface area contributed by atoms with Crippen LogP contribution < -0.4 is 0 Å². The Bertz CT molecular complexity index is 976. The zero-order valence-electron chi connectivity index (χ0n) is 17.0. The maximum atomic E-state index is 9.84. The molecule has 4 heteroatoms. The van der Waals surface area contributed by atoms with E-state index in [-0.39, 0.29) is 6.61 Å². The van der Waals surface area contributed by atoms with Crippen molar-refractivity contribution in [1.29, 1.82) is 0 Å². The van der Waals surface area contributed by atoms with E-state index in [0.29, 0.717) is 17.8 Å². The summed E-state index contributed by atoms with van der Waals surface area (Å²) in [4.78, 5) is 5.10. The van der Waals surface area contributed by atoms with Gasteiger partial charge in [0.05, 0.1) is 11.0 Å². The first-order chi connectivity index (χ1) is 13.5. The van der Waals surface area contributed by atoms with Gasteiger partial charge in [-0.15, -0.1) is 0 Å². The molecule has 1 unspecified atom stereocenters. The Morgan fingerprint density at radius 3 is 2.57 bits per heavy atom. The topological polar surface area (TPSA) is 38.1 Å². The zero-order valence-corrected chi connectivity index (χ0v) is 17.7. The fourth-order valence-electron chi connectivity index (χ4n) is 4.83. The van der Waals surface area contributed by atoms with Crippen molar-refractivity contribution in [1.82, 2.24) is 9.55 Å². The third-order valence-corrected chi connectivity index (χ3v) is 6.90. The van der Waals surface area contributed by atoms with E-state index >= 15 is 0 Å². The third-order valence-electron chi connectivity index (χ3n) is 6.65. The quantitative estimate of drug-likeness (QED) is 0.585.